The van der Waals surface area contributed by atoms with Crippen LogP contribution in [0.2, 0.25) is 0 Å². The quantitative estimate of drug-likeness (QED) is 0.652. The van der Waals surface area contributed by atoms with Gasteiger partial charge in [0.05, 0.1) is 6.20 Å². The van der Waals surface area contributed by atoms with Crippen molar-refractivity contribution in [3.8, 4) is 11.1 Å². The first-order valence-corrected chi connectivity index (χ1v) is 7.56. The molecule has 2 aliphatic rings. The van der Waals surface area contributed by atoms with Crippen LogP contribution in [0, 0.1) is 0 Å². The molecule has 0 saturated carbocycles. The zero-order valence-electron chi connectivity index (χ0n) is 13.2. The van der Waals surface area contributed by atoms with E-state index in [1.807, 2.05) is 0 Å². The molecule has 2 aromatic carbocycles. The zero-order chi connectivity index (χ0) is 14.6. The molecule has 0 bridgehead atoms. The Morgan fingerprint density at radius 3 is 2.45 bits per heavy atom. The van der Waals surface area contributed by atoms with E-state index in [9.17, 15) is 0 Å². The maximum atomic E-state index is 2.40. The van der Waals surface area contributed by atoms with Gasteiger partial charge in [-0.3, -0.25) is 4.90 Å². The molecule has 0 aromatic heterocycles. The highest BCUT2D eigenvalue weighted by Gasteiger charge is 2.36. The summed E-state index contributed by atoms with van der Waals surface area (Å²) in [5.41, 5.74) is 7.15. The van der Waals surface area contributed by atoms with Gasteiger partial charge in [0.1, 0.15) is 11.9 Å². The summed E-state index contributed by atoms with van der Waals surface area (Å²) in [6.07, 6.45) is 4.39. The number of benzene rings is 2. The van der Waals surface area contributed by atoms with E-state index in [0.29, 0.717) is 0 Å². The van der Waals surface area contributed by atoms with Gasteiger partial charge in [-0.2, -0.15) is 0 Å². The van der Waals surface area contributed by atoms with E-state index in [2.05, 4.69) is 80.7 Å². The molecule has 0 spiro atoms. The van der Waals surface area contributed by atoms with E-state index in [-0.39, 0.29) is 29.4 Å². The van der Waals surface area contributed by atoms with E-state index < -0.39 is 0 Å². The van der Waals surface area contributed by atoms with Crippen LogP contribution in [0.25, 0.3) is 11.1 Å². The normalized spacial score (nSPS) is 20.5. The van der Waals surface area contributed by atoms with Gasteiger partial charge in [0, 0.05) is 24.6 Å². The molecule has 114 valence electrons. The number of hydrogen-bond donors (Lipinski definition) is 1. The van der Waals surface area contributed by atoms with Crippen LogP contribution in [-0.4, -0.2) is 18.6 Å². The fraction of sp³-hybridized carbons (Fsp3) is 0.263. The van der Waals surface area contributed by atoms with E-state index >= 15 is 0 Å². The SMILES string of the molecule is CN1C=C[NH+](c2ccc3c(c2)C(C)(C)c2ccccc2-3)C1.[I-]. The second kappa shape index (κ2) is 5.39. The fourth-order valence-corrected chi connectivity index (χ4v) is 3.68. The first-order chi connectivity index (χ1) is 10.1. The van der Waals surface area contributed by atoms with Gasteiger partial charge in [-0.1, -0.05) is 38.1 Å². The number of hydrogen-bond acceptors (Lipinski definition) is 1. The Bertz CT molecular complexity index is 749. The third kappa shape index (κ3) is 2.18. The third-order valence-corrected chi connectivity index (χ3v) is 4.90. The van der Waals surface area contributed by atoms with Crippen molar-refractivity contribution in [1.82, 2.24) is 4.90 Å². The van der Waals surface area contributed by atoms with Crippen LogP contribution in [0.15, 0.2) is 54.9 Å². The lowest BCUT2D eigenvalue weighted by atomic mass is 9.82. The lowest BCUT2D eigenvalue weighted by Gasteiger charge is -2.22. The molecule has 1 aliphatic heterocycles. The predicted octanol–water partition coefficient (Wildman–Crippen LogP) is -0.113. The smallest absolute Gasteiger partial charge is 0.161 e. The molecule has 0 fully saturated rings. The summed E-state index contributed by atoms with van der Waals surface area (Å²) in [5, 5.41) is 0. The number of rotatable bonds is 1. The summed E-state index contributed by atoms with van der Waals surface area (Å²) >= 11 is 0. The van der Waals surface area contributed by atoms with Crippen LogP contribution in [0.4, 0.5) is 5.69 Å². The minimum Gasteiger partial charge on any atom is -1.00 e. The third-order valence-electron chi connectivity index (χ3n) is 4.90. The predicted molar refractivity (Wildman–Crippen MR) is 86.4 cm³/mol. The van der Waals surface area contributed by atoms with Crippen molar-refractivity contribution in [2.24, 2.45) is 0 Å². The second-order valence-electron chi connectivity index (χ2n) is 6.69. The van der Waals surface area contributed by atoms with Gasteiger partial charge in [0.2, 0.25) is 0 Å². The number of halogens is 1. The molecule has 1 atom stereocenters. The largest absolute Gasteiger partial charge is 1.00 e. The van der Waals surface area contributed by atoms with Gasteiger partial charge < -0.3 is 28.9 Å². The Morgan fingerprint density at radius 2 is 1.73 bits per heavy atom. The van der Waals surface area contributed by atoms with Gasteiger partial charge in [0.25, 0.3) is 0 Å². The van der Waals surface area contributed by atoms with Crippen molar-refractivity contribution in [2.75, 3.05) is 13.7 Å². The highest BCUT2D eigenvalue weighted by atomic mass is 127. The van der Waals surface area contributed by atoms with Crippen molar-refractivity contribution >= 4 is 5.69 Å². The van der Waals surface area contributed by atoms with Crippen LogP contribution >= 0.6 is 0 Å². The van der Waals surface area contributed by atoms with Crippen LogP contribution in [-0.2, 0) is 5.41 Å². The summed E-state index contributed by atoms with van der Waals surface area (Å²) < 4.78 is 0. The summed E-state index contributed by atoms with van der Waals surface area (Å²) in [4.78, 5) is 3.63. The summed E-state index contributed by atoms with van der Waals surface area (Å²) in [7, 11) is 2.12. The van der Waals surface area contributed by atoms with Crippen molar-refractivity contribution in [3.63, 3.8) is 0 Å². The maximum Gasteiger partial charge on any atom is 0.161 e. The monoisotopic (exact) mass is 404 g/mol. The van der Waals surface area contributed by atoms with Crippen molar-refractivity contribution in [1.29, 1.82) is 0 Å². The van der Waals surface area contributed by atoms with Crippen molar-refractivity contribution < 1.29 is 28.9 Å². The van der Waals surface area contributed by atoms with Gasteiger partial charge in [-0.05, 0) is 28.3 Å². The molecular formula is C19H21IN2. The highest BCUT2D eigenvalue weighted by Crippen LogP contribution is 2.48. The standard InChI is InChI=1S/C19H20N2.HI/c1-19(2)17-7-5-4-6-15(17)16-9-8-14(12-18(16)19)21-11-10-20(3)13-21;/h4-12H,13H2,1-3H3;1H. The lowest BCUT2D eigenvalue weighted by Crippen LogP contribution is -3.02. The Morgan fingerprint density at radius 1 is 1.00 bits per heavy atom. The van der Waals surface area contributed by atoms with E-state index in [1.165, 1.54) is 32.8 Å². The molecule has 4 rings (SSSR count). The molecule has 0 radical (unpaired) electrons. The van der Waals surface area contributed by atoms with E-state index in [0.717, 1.165) is 6.67 Å². The number of nitrogens with zero attached hydrogens (tertiary/aromatic N) is 1. The molecule has 1 aliphatic carbocycles. The molecule has 3 heteroatoms. The van der Waals surface area contributed by atoms with Crippen molar-refractivity contribution in [2.45, 2.75) is 19.3 Å². The van der Waals surface area contributed by atoms with Gasteiger partial charge >= 0.3 is 0 Å². The highest BCUT2D eigenvalue weighted by molar-refractivity contribution is 5.81. The van der Waals surface area contributed by atoms with Crippen LogP contribution in [0.1, 0.15) is 25.0 Å². The van der Waals surface area contributed by atoms with Gasteiger partial charge in [-0.15, -0.1) is 0 Å². The minimum atomic E-state index is 0. The molecule has 2 nitrogen and oxygen atoms in total. The first-order valence-electron chi connectivity index (χ1n) is 7.56. The van der Waals surface area contributed by atoms with Gasteiger partial charge in [0.15, 0.2) is 6.67 Å². The Balaban J connectivity index is 0.00000144. The van der Waals surface area contributed by atoms with E-state index in [1.54, 1.807) is 0 Å². The Hall–Kier alpha value is -1.33. The second-order valence-corrected chi connectivity index (χ2v) is 6.69. The van der Waals surface area contributed by atoms with Crippen LogP contribution < -0.4 is 28.9 Å². The molecule has 22 heavy (non-hydrogen) atoms. The zero-order valence-corrected chi connectivity index (χ0v) is 15.4. The molecule has 1 heterocycles. The molecular weight excluding hydrogens is 383 g/mol. The Kier molecular flexibility index (Phi) is 3.81. The molecule has 0 amide bonds. The summed E-state index contributed by atoms with van der Waals surface area (Å²) in [6.45, 7) is 5.68. The van der Waals surface area contributed by atoms with Crippen molar-refractivity contribution in [3.05, 3.63) is 66.0 Å². The molecule has 1 unspecified atom stereocenters. The Labute approximate surface area is 149 Å². The average molecular weight is 404 g/mol. The van der Waals surface area contributed by atoms with Gasteiger partial charge in [-0.25, -0.2) is 0 Å². The molecule has 2 aromatic rings. The molecule has 0 saturated heterocycles. The summed E-state index contributed by atoms with van der Waals surface area (Å²) in [6, 6.07) is 15.8. The topological polar surface area (TPSA) is 7.68 Å². The minimum absolute atomic E-state index is 0. The summed E-state index contributed by atoms with van der Waals surface area (Å²) in [5.74, 6) is 0. The number of nitrogens with one attached hydrogen (secondary N) is 1. The van der Waals surface area contributed by atoms with Crippen LogP contribution in [0.3, 0.4) is 0 Å². The van der Waals surface area contributed by atoms with Crippen LogP contribution in [0.5, 0.6) is 0 Å². The lowest BCUT2D eigenvalue weighted by molar-refractivity contribution is -0.777. The number of quaternary nitrogens is 1. The fourth-order valence-electron chi connectivity index (χ4n) is 3.68. The number of fused-ring (bicyclic) bond motifs is 3. The average Bonchev–Trinajstić information content (AvgIpc) is 3.01. The maximum absolute atomic E-state index is 2.40. The molecule has 1 N–H and O–H groups in total. The van der Waals surface area contributed by atoms with E-state index in [4.69, 9.17) is 0 Å². The first kappa shape index (κ1) is 15.6.